The third-order valence-electron chi connectivity index (χ3n) is 3.16. The van der Waals surface area contributed by atoms with Crippen LogP contribution in [0.25, 0.3) is 0 Å². The first kappa shape index (κ1) is 15.9. The van der Waals surface area contributed by atoms with Crippen molar-refractivity contribution in [3.63, 3.8) is 0 Å². The number of carbonyl (C=O) groups excluding carboxylic acids is 1. The molecule has 0 atom stereocenters. The Balaban J connectivity index is 1.86. The van der Waals surface area contributed by atoms with E-state index in [0.29, 0.717) is 18.1 Å². The molecule has 0 spiro atoms. The molecule has 6 nitrogen and oxygen atoms in total. The van der Waals surface area contributed by atoms with Crippen LogP contribution >= 0.6 is 0 Å². The average molecular weight is 299 g/mol. The van der Waals surface area contributed by atoms with Crippen molar-refractivity contribution in [1.29, 1.82) is 0 Å². The second kappa shape index (κ2) is 8.71. The van der Waals surface area contributed by atoms with Crippen LogP contribution in [0.4, 0.5) is 5.82 Å². The summed E-state index contributed by atoms with van der Waals surface area (Å²) >= 11 is 0. The Morgan fingerprint density at radius 2 is 2.18 bits per heavy atom. The molecule has 0 aliphatic carbocycles. The van der Waals surface area contributed by atoms with Crippen LogP contribution in [-0.4, -0.2) is 27.4 Å². The van der Waals surface area contributed by atoms with Crippen LogP contribution in [0.1, 0.15) is 42.2 Å². The second-order valence-electron chi connectivity index (χ2n) is 4.97. The molecule has 0 fully saturated rings. The molecule has 0 aliphatic rings. The second-order valence-corrected chi connectivity index (χ2v) is 4.97. The Hall–Kier alpha value is -2.50. The van der Waals surface area contributed by atoms with Crippen LogP contribution < -0.4 is 10.6 Å². The van der Waals surface area contributed by atoms with Crippen molar-refractivity contribution in [2.45, 2.75) is 32.7 Å². The third-order valence-corrected chi connectivity index (χ3v) is 3.16. The number of nitrogens with one attached hydrogen (secondary N) is 2. The number of hydrogen-bond donors (Lipinski definition) is 2. The number of anilines is 1. The van der Waals surface area contributed by atoms with Gasteiger partial charge in [0.1, 0.15) is 17.8 Å². The van der Waals surface area contributed by atoms with Gasteiger partial charge in [0.25, 0.3) is 5.91 Å². The van der Waals surface area contributed by atoms with Gasteiger partial charge in [-0.25, -0.2) is 9.97 Å². The maximum Gasteiger partial charge on any atom is 0.270 e. The van der Waals surface area contributed by atoms with Gasteiger partial charge in [-0.3, -0.25) is 9.78 Å². The Kier molecular flexibility index (Phi) is 6.29. The Bertz CT molecular complexity index is 588. The van der Waals surface area contributed by atoms with Gasteiger partial charge in [-0.2, -0.15) is 0 Å². The molecule has 0 aromatic carbocycles. The molecular weight excluding hydrogens is 278 g/mol. The summed E-state index contributed by atoms with van der Waals surface area (Å²) in [5, 5.41) is 6.03. The van der Waals surface area contributed by atoms with Gasteiger partial charge >= 0.3 is 0 Å². The van der Waals surface area contributed by atoms with E-state index in [-0.39, 0.29) is 5.91 Å². The van der Waals surface area contributed by atoms with Crippen molar-refractivity contribution in [3.8, 4) is 0 Å². The number of hydrogen-bond acceptors (Lipinski definition) is 5. The molecule has 6 heteroatoms. The van der Waals surface area contributed by atoms with E-state index in [0.717, 1.165) is 18.5 Å². The summed E-state index contributed by atoms with van der Waals surface area (Å²) in [6.45, 7) is 3.44. The quantitative estimate of drug-likeness (QED) is 0.732. The molecule has 2 aromatic heterocycles. The minimum atomic E-state index is -0.220. The molecule has 2 rings (SSSR count). The molecule has 2 heterocycles. The van der Waals surface area contributed by atoms with Crippen molar-refractivity contribution in [2.24, 2.45) is 0 Å². The summed E-state index contributed by atoms with van der Waals surface area (Å²) in [5.74, 6) is 0.459. The smallest absolute Gasteiger partial charge is 0.270 e. The molecule has 2 N–H and O–H groups in total. The summed E-state index contributed by atoms with van der Waals surface area (Å²) in [4.78, 5) is 24.3. The number of pyridine rings is 1. The van der Waals surface area contributed by atoms with Crippen LogP contribution in [0.2, 0.25) is 0 Å². The van der Waals surface area contributed by atoms with Crippen LogP contribution in [0, 0.1) is 0 Å². The van der Waals surface area contributed by atoms with Crippen LogP contribution in [0.15, 0.2) is 36.9 Å². The standard InChI is InChI=1S/C16H21N5O/c1-2-3-4-8-18-15-9-14(20-12-21-15)16(22)19-11-13-6-5-7-17-10-13/h5-7,9-10,12H,2-4,8,11H2,1H3,(H,19,22)(H,18,20,21). The summed E-state index contributed by atoms with van der Waals surface area (Å²) in [6.07, 6.45) is 8.27. The van der Waals surface area contributed by atoms with E-state index >= 15 is 0 Å². The number of aromatic nitrogens is 3. The molecular formula is C16H21N5O. The lowest BCUT2D eigenvalue weighted by Gasteiger charge is -2.07. The molecule has 0 radical (unpaired) electrons. The minimum Gasteiger partial charge on any atom is -0.370 e. The highest BCUT2D eigenvalue weighted by Crippen LogP contribution is 2.05. The molecule has 116 valence electrons. The Morgan fingerprint density at radius 1 is 1.27 bits per heavy atom. The summed E-state index contributed by atoms with van der Waals surface area (Å²) in [5.41, 5.74) is 1.31. The maximum absolute atomic E-state index is 12.1. The zero-order valence-electron chi connectivity index (χ0n) is 12.7. The van der Waals surface area contributed by atoms with Crippen molar-refractivity contribution in [2.75, 3.05) is 11.9 Å². The van der Waals surface area contributed by atoms with E-state index < -0.39 is 0 Å². The van der Waals surface area contributed by atoms with Crippen molar-refractivity contribution in [1.82, 2.24) is 20.3 Å². The Morgan fingerprint density at radius 3 is 2.95 bits per heavy atom. The number of unbranched alkanes of at least 4 members (excludes halogenated alkanes) is 2. The van der Waals surface area contributed by atoms with Crippen LogP contribution in [0.3, 0.4) is 0 Å². The molecule has 0 aliphatic heterocycles. The first-order valence-electron chi connectivity index (χ1n) is 7.52. The van der Waals surface area contributed by atoms with E-state index in [4.69, 9.17) is 0 Å². The first-order valence-corrected chi connectivity index (χ1v) is 7.52. The van der Waals surface area contributed by atoms with E-state index in [2.05, 4.69) is 32.5 Å². The highest BCUT2D eigenvalue weighted by molar-refractivity contribution is 5.92. The highest BCUT2D eigenvalue weighted by Gasteiger charge is 2.08. The summed E-state index contributed by atoms with van der Waals surface area (Å²) in [7, 11) is 0. The lowest BCUT2D eigenvalue weighted by atomic mass is 10.2. The van der Waals surface area contributed by atoms with Crippen molar-refractivity contribution >= 4 is 11.7 Å². The largest absolute Gasteiger partial charge is 0.370 e. The summed E-state index contributed by atoms with van der Waals surface area (Å²) < 4.78 is 0. The molecule has 0 bridgehead atoms. The van der Waals surface area contributed by atoms with E-state index in [1.54, 1.807) is 18.5 Å². The molecule has 0 saturated carbocycles. The van der Waals surface area contributed by atoms with E-state index in [9.17, 15) is 4.79 Å². The van der Waals surface area contributed by atoms with Crippen molar-refractivity contribution < 1.29 is 4.79 Å². The number of rotatable bonds is 8. The van der Waals surface area contributed by atoms with Gasteiger partial charge in [-0.15, -0.1) is 0 Å². The molecule has 0 saturated heterocycles. The number of nitrogens with zero attached hydrogens (tertiary/aromatic N) is 3. The lowest BCUT2D eigenvalue weighted by molar-refractivity contribution is 0.0946. The normalized spacial score (nSPS) is 10.2. The zero-order chi connectivity index (χ0) is 15.6. The average Bonchev–Trinajstić information content (AvgIpc) is 2.58. The first-order chi connectivity index (χ1) is 10.8. The third kappa shape index (κ3) is 5.12. The van der Waals surface area contributed by atoms with Crippen molar-refractivity contribution in [3.05, 3.63) is 48.2 Å². The van der Waals surface area contributed by atoms with Gasteiger partial charge < -0.3 is 10.6 Å². The van der Waals surface area contributed by atoms with Gasteiger partial charge in [0, 0.05) is 31.5 Å². The van der Waals surface area contributed by atoms with Crippen LogP contribution in [-0.2, 0) is 6.54 Å². The fraction of sp³-hybridized carbons (Fsp3) is 0.375. The van der Waals surface area contributed by atoms with E-state index in [1.807, 2.05) is 12.1 Å². The van der Waals surface area contributed by atoms with E-state index in [1.165, 1.54) is 19.2 Å². The molecule has 0 unspecified atom stereocenters. The maximum atomic E-state index is 12.1. The lowest BCUT2D eigenvalue weighted by Crippen LogP contribution is -2.24. The number of carbonyl (C=O) groups is 1. The van der Waals surface area contributed by atoms with Crippen LogP contribution in [0.5, 0.6) is 0 Å². The summed E-state index contributed by atoms with van der Waals surface area (Å²) in [6, 6.07) is 5.42. The monoisotopic (exact) mass is 299 g/mol. The number of amides is 1. The molecule has 1 amide bonds. The van der Waals surface area contributed by atoms with Gasteiger partial charge in [0.05, 0.1) is 0 Å². The SMILES string of the molecule is CCCCCNc1cc(C(=O)NCc2cccnc2)ncn1. The zero-order valence-corrected chi connectivity index (χ0v) is 12.7. The van der Waals surface area contributed by atoms with Gasteiger partial charge in [-0.1, -0.05) is 25.8 Å². The fourth-order valence-electron chi connectivity index (χ4n) is 1.95. The predicted molar refractivity (Wildman–Crippen MR) is 85.5 cm³/mol. The highest BCUT2D eigenvalue weighted by atomic mass is 16.1. The fourth-order valence-corrected chi connectivity index (χ4v) is 1.95. The molecule has 22 heavy (non-hydrogen) atoms. The van der Waals surface area contributed by atoms with Gasteiger partial charge in [-0.05, 0) is 18.1 Å². The van der Waals surface area contributed by atoms with Gasteiger partial charge in [0.2, 0.25) is 0 Å². The topological polar surface area (TPSA) is 79.8 Å². The van der Waals surface area contributed by atoms with Gasteiger partial charge in [0.15, 0.2) is 0 Å². The molecule has 2 aromatic rings. The predicted octanol–water partition coefficient (Wildman–Crippen LogP) is 2.40. The Labute approximate surface area is 130 Å². The minimum absolute atomic E-state index is 0.220.